The first-order valence-electron chi connectivity index (χ1n) is 6.04. The number of benzene rings is 1. The van der Waals surface area contributed by atoms with Crippen LogP contribution in [-0.4, -0.2) is 11.1 Å². The Morgan fingerprint density at radius 1 is 1.20 bits per heavy atom. The van der Waals surface area contributed by atoms with Crippen LogP contribution >= 0.6 is 11.3 Å². The van der Waals surface area contributed by atoms with E-state index in [2.05, 4.69) is 5.16 Å². The molecule has 3 rings (SSSR count). The van der Waals surface area contributed by atoms with Crippen LogP contribution in [0.5, 0.6) is 0 Å². The lowest BCUT2D eigenvalue weighted by Gasteiger charge is -2.01. The molecule has 4 nitrogen and oxygen atoms in total. The minimum Gasteiger partial charge on any atom is -0.455 e. The van der Waals surface area contributed by atoms with Crippen LogP contribution in [0.3, 0.4) is 0 Å². The summed E-state index contributed by atoms with van der Waals surface area (Å²) in [4.78, 5) is 12.8. The Bertz CT molecular complexity index is 689. The van der Waals surface area contributed by atoms with Crippen LogP contribution in [0.25, 0.3) is 10.6 Å². The second-order valence-corrected chi connectivity index (χ2v) is 5.05. The van der Waals surface area contributed by atoms with E-state index < -0.39 is 0 Å². The number of hydrogen-bond donors (Lipinski definition) is 0. The summed E-state index contributed by atoms with van der Waals surface area (Å²) < 4.78 is 10.4. The molecule has 1 aromatic carbocycles. The molecule has 0 aliphatic rings. The van der Waals surface area contributed by atoms with Crippen molar-refractivity contribution in [2.75, 3.05) is 0 Å². The number of carbonyl (C=O) groups is 1. The minimum absolute atomic E-state index is 0.0998. The maximum absolute atomic E-state index is 11.8. The number of hydrogen-bond acceptors (Lipinski definition) is 5. The second-order valence-electron chi connectivity index (χ2n) is 4.10. The van der Waals surface area contributed by atoms with Crippen molar-refractivity contribution in [2.24, 2.45) is 0 Å². The summed E-state index contributed by atoms with van der Waals surface area (Å²) in [6.45, 7) is 0.0998. The van der Waals surface area contributed by atoms with Gasteiger partial charge in [0.25, 0.3) is 0 Å². The largest absolute Gasteiger partial charge is 0.455 e. The Labute approximate surface area is 119 Å². The summed E-state index contributed by atoms with van der Waals surface area (Å²) in [6.07, 6.45) is 0. The Hall–Kier alpha value is -2.40. The van der Waals surface area contributed by atoms with Crippen molar-refractivity contribution in [3.05, 3.63) is 65.2 Å². The number of thiophene rings is 1. The normalized spacial score (nSPS) is 10.4. The molecule has 5 heteroatoms. The monoisotopic (exact) mass is 285 g/mol. The number of aromatic nitrogens is 1. The Kier molecular flexibility index (Phi) is 3.60. The van der Waals surface area contributed by atoms with Gasteiger partial charge in [-0.05, 0) is 23.6 Å². The molecule has 20 heavy (non-hydrogen) atoms. The van der Waals surface area contributed by atoms with Gasteiger partial charge in [0.05, 0.1) is 10.4 Å². The number of esters is 1. The zero-order chi connectivity index (χ0) is 13.8. The van der Waals surface area contributed by atoms with E-state index >= 15 is 0 Å². The predicted molar refractivity (Wildman–Crippen MR) is 75.4 cm³/mol. The van der Waals surface area contributed by atoms with Crippen LogP contribution in [0, 0.1) is 0 Å². The Morgan fingerprint density at radius 3 is 2.80 bits per heavy atom. The summed E-state index contributed by atoms with van der Waals surface area (Å²) >= 11 is 1.57. The fraction of sp³-hybridized carbons (Fsp3) is 0.0667. The molecule has 2 aromatic heterocycles. The van der Waals surface area contributed by atoms with Gasteiger partial charge in [0, 0.05) is 6.07 Å². The van der Waals surface area contributed by atoms with E-state index in [1.807, 2.05) is 23.6 Å². The topological polar surface area (TPSA) is 52.3 Å². The highest BCUT2D eigenvalue weighted by molar-refractivity contribution is 7.13. The summed E-state index contributed by atoms with van der Waals surface area (Å²) in [5, 5.41) is 5.86. The standard InChI is InChI=1S/C15H11NO3S/c17-15(11-5-2-1-3-6-11)18-10-12-9-13(19-16-12)14-7-4-8-20-14/h1-9H,10H2. The average molecular weight is 285 g/mol. The molecule has 0 aliphatic carbocycles. The van der Waals surface area contributed by atoms with Crippen molar-refractivity contribution in [1.82, 2.24) is 5.16 Å². The van der Waals surface area contributed by atoms with Gasteiger partial charge in [-0.1, -0.05) is 29.4 Å². The van der Waals surface area contributed by atoms with Gasteiger partial charge in [0.2, 0.25) is 0 Å². The predicted octanol–water partition coefficient (Wildman–Crippen LogP) is 3.76. The fourth-order valence-corrected chi connectivity index (χ4v) is 2.39. The van der Waals surface area contributed by atoms with E-state index in [9.17, 15) is 4.79 Å². The third kappa shape index (κ3) is 2.78. The summed E-state index contributed by atoms with van der Waals surface area (Å²) in [7, 11) is 0. The first-order chi connectivity index (χ1) is 9.83. The molecule has 0 N–H and O–H groups in total. The molecule has 0 aliphatic heterocycles. The quantitative estimate of drug-likeness (QED) is 0.685. The lowest BCUT2D eigenvalue weighted by molar-refractivity contribution is 0.0464. The molecule has 3 aromatic rings. The van der Waals surface area contributed by atoms with Gasteiger partial charge in [-0.25, -0.2) is 4.79 Å². The molecular formula is C15H11NO3S. The lowest BCUT2D eigenvalue weighted by Crippen LogP contribution is -2.04. The van der Waals surface area contributed by atoms with E-state index in [4.69, 9.17) is 9.26 Å². The molecule has 0 fully saturated rings. The molecule has 0 radical (unpaired) electrons. The maximum Gasteiger partial charge on any atom is 0.338 e. The molecule has 0 saturated heterocycles. The molecule has 0 unspecified atom stereocenters. The zero-order valence-corrected chi connectivity index (χ0v) is 11.3. The van der Waals surface area contributed by atoms with Crippen LogP contribution in [0.4, 0.5) is 0 Å². The van der Waals surface area contributed by atoms with Crippen molar-refractivity contribution in [3.63, 3.8) is 0 Å². The van der Waals surface area contributed by atoms with E-state index in [1.165, 1.54) is 0 Å². The maximum atomic E-state index is 11.8. The van der Waals surface area contributed by atoms with Gasteiger partial charge in [0.15, 0.2) is 5.76 Å². The smallest absolute Gasteiger partial charge is 0.338 e. The highest BCUT2D eigenvalue weighted by atomic mass is 32.1. The molecule has 0 atom stereocenters. The zero-order valence-electron chi connectivity index (χ0n) is 10.5. The Morgan fingerprint density at radius 2 is 2.05 bits per heavy atom. The van der Waals surface area contributed by atoms with Gasteiger partial charge in [-0.15, -0.1) is 11.3 Å². The first kappa shape index (κ1) is 12.6. The number of carbonyl (C=O) groups excluding carboxylic acids is 1. The molecule has 100 valence electrons. The lowest BCUT2D eigenvalue weighted by atomic mass is 10.2. The first-order valence-corrected chi connectivity index (χ1v) is 6.92. The average Bonchev–Trinajstić information content (AvgIpc) is 3.16. The van der Waals surface area contributed by atoms with Gasteiger partial charge >= 0.3 is 5.97 Å². The molecule has 0 amide bonds. The van der Waals surface area contributed by atoms with Crippen LogP contribution in [0.1, 0.15) is 16.1 Å². The van der Waals surface area contributed by atoms with E-state index in [1.54, 1.807) is 41.7 Å². The summed E-state index contributed by atoms with van der Waals surface area (Å²) in [5.41, 5.74) is 1.12. The number of rotatable bonds is 4. The minimum atomic E-state index is -0.369. The van der Waals surface area contributed by atoms with Crippen molar-refractivity contribution < 1.29 is 14.1 Å². The highest BCUT2D eigenvalue weighted by Crippen LogP contribution is 2.25. The third-order valence-electron chi connectivity index (χ3n) is 2.68. The number of ether oxygens (including phenoxy) is 1. The molecule has 0 spiro atoms. The van der Waals surface area contributed by atoms with E-state index in [0.29, 0.717) is 17.0 Å². The molecular weight excluding hydrogens is 274 g/mol. The van der Waals surface area contributed by atoms with Gasteiger partial charge in [0.1, 0.15) is 12.3 Å². The van der Waals surface area contributed by atoms with Crippen LogP contribution < -0.4 is 0 Å². The van der Waals surface area contributed by atoms with Crippen molar-refractivity contribution in [2.45, 2.75) is 6.61 Å². The third-order valence-corrected chi connectivity index (χ3v) is 3.57. The van der Waals surface area contributed by atoms with Crippen LogP contribution in [-0.2, 0) is 11.3 Å². The molecule has 2 heterocycles. The highest BCUT2D eigenvalue weighted by Gasteiger charge is 2.11. The van der Waals surface area contributed by atoms with E-state index in [0.717, 1.165) is 4.88 Å². The van der Waals surface area contributed by atoms with Crippen molar-refractivity contribution in [3.8, 4) is 10.6 Å². The molecule has 0 saturated carbocycles. The van der Waals surface area contributed by atoms with Crippen molar-refractivity contribution in [1.29, 1.82) is 0 Å². The van der Waals surface area contributed by atoms with Crippen molar-refractivity contribution >= 4 is 17.3 Å². The fourth-order valence-electron chi connectivity index (χ4n) is 1.71. The summed E-state index contributed by atoms with van der Waals surface area (Å²) in [6, 6.07) is 14.5. The van der Waals surface area contributed by atoms with Gasteiger partial charge in [-0.2, -0.15) is 0 Å². The molecule has 0 bridgehead atoms. The number of nitrogens with zero attached hydrogens (tertiary/aromatic N) is 1. The SMILES string of the molecule is O=C(OCc1cc(-c2cccs2)on1)c1ccccc1. The Balaban J connectivity index is 1.63. The van der Waals surface area contributed by atoms with Gasteiger partial charge < -0.3 is 9.26 Å². The van der Waals surface area contributed by atoms with Crippen LogP contribution in [0.2, 0.25) is 0 Å². The summed E-state index contributed by atoms with van der Waals surface area (Å²) in [5.74, 6) is 0.317. The van der Waals surface area contributed by atoms with Crippen LogP contribution in [0.15, 0.2) is 58.4 Å². The van der Waals surface area contributed by atoms with E-state index in [-0.39, 0.29) is 12.6 Å². The van der Waals surface area contributed by atoms with Gasteiger partial charge in [-0.3, -0.25) is 0 Å². The second kappa shape index (κ2) is 5.71.